The van der Waals surface area contributed by atoms with E-state index in [0.717, 1.165) is 12.1 Å². The van der Waals surface area contributed by atoms with Crippen molar-refractivity contribution in [2.45, 2.75) is 26.3 Å². The topological polar surface area (TPSA) is 12.0 Å². The minimum Gasteiger partial charge on any atom is -0.310 e. The van der Waals surface area contributed by atoms with Crippen LogP contribution < -0.4 is 5.32 Å². The third-order valence-electron chi connectivity index (χ3n) is 3.47. The van der Waals surface area contributed by atoms with Crippen molar-refractivity contribution in [1.82, 2.24) is 5.32 Å². The maximum atomic E-state index is 14.3. The SMILES string of the molecule is CCNC(Cc1ccc(Cl)c(Cl)c1)c1cccc(C)c1F. The third-order valence-corrected chi connectivity index (χ3v) is 4.21. The van der Waals surface area contributed by atoms with E-state index in [9.17, 15) is 4.39 Å². The summed E-state index contributed by atoms with van der Waals surface area (Å²) in [5, 5.41) is 4.39. The van der Waals surface area contributed by atoms with E-state index < -0.39 is 0 Å². The summed E-state index contributed by atoms with van der Waals surface area (Å²) in [5.41, 5.74) is 2.36. The Morgan fingerprint density at radius 3 is 2.57 bits per heavy atom. The lowest BCUT2D eigenvalue weighted by atomic mass is 9.97. The molecule has 0 bridgehead atoms. The number of rotatable bonds is 5. The smallest absolute Gasteiger partial charge is 0.130 e. The lowest BCUT2D eigenvalue weighted by molar-refractivity contribution is 0.507. The van der Waals surface area contributed by atoms with Crippen molar-refractivity contribution in [3.05, 3.63) is 69.0 Å². The van der Waals surface area contributed by atoms with E-state index in [-0.39, 0.29) is 11.9 Å². The fraction of sp³-hybridized carbons (Fsp3) is 0.294. The van der Waals surface area contributed by atoms with Crippen LogP contribution in [0.5, 0.6) is 0 Å². The zero-order valence-corrected chi connectivity index (χ0v) is 13.6. The quantitative estimate of drug-likeness (QED) is 0.782. The fourth-order valence-electron chi connectivity index (χ4n) is 2.38. The molecule has 1 nitrogen and oxygen atoms in total. The van der Waals surface area contributed by atoms with Gasteiger partial charge in [-0.05, 0) is 43.1 Å². The van der Waals surface area contributed by atoms with Gasteiger partial charge in [0.15, 0.2) is 0 Å². The van der Waals surface area contributed by atoms with Gasteiger partial charge in [-0.1, -0.05) is 54.4 Å². The number of hydrogen-bond acceptors (Lipinski definition) is 1. The van der Waals surface area contributed by atoms with E-state index in [1.54, 1.807) is 19.1 Å². The number of nitrogens with one attached hydrogen (secondary N) is 1. The molecule has 0 saturated heterocycles. The van der Waals surface area contributed by atoms with Gasteiger partial charge in [0.1, 0.15) is 5.82 Å². The zero-order valence-electron chi connectivity index (χ0n) is 12.1. The first-order chi connectivity index (χ1) is 10.0. The minimum atomic E-state index is -0.150. The third kappa shape index (κ3) is 3.97. The second kappa shape index (κ2) is 7.26. The summed E-state index contributed by atoms with van der Waals surface area (Å²) in [6.45, 7) is 4.55. The maximum absolute atomic E-state index is 14.3. The Bertz CT molecular complexity index is 628. The fourth-order valence-corrected chi connectivity index (χ4v) is 2.70. The molecule has 1 unspecified atom stereocenters. The average Bonchev–Trinajstić information content (AvgIpc) is 2.45. The van der Waals surface area contributed by atoms with E-state index in [1.807, 2.05) is 31.2 Å². The van der Waals surface area contributed by atoms with Crippen LogP contribution in [-0.4, -0.2) is 6.54 Å². The van der Waals surface area contributed by atoms with E-state index in [4.69, 9.17) is 23.2 Å². The molecule has 4 heteroatoms. The van der Waals surface area contributed by atoms with Gasteiger partial charge in [0, 0.05) is 11.6 Å². The van der Waals surface area contributed by atoms with Crippen molar-refractivity contribution in [3.8, 4) is 0 Å². The summed E-state index contributed by atoms with van der Waals surface area (Å²) in [6.07, 6.45) is 0.658. The molecular formula is C17H18Cl2FN. The van der Waals surface area contributed by atoms with Crippen LogP contribution in [0.1, 0.15) is 29.7 Å². The van der Waals surface area contributed by atoms with Crippen molar-refractivity contribution in [1.29, 1.82) is 0 Å². The maximum Gasteiger partial charge on any atom is 0.130 e. The normalized spacial score (nSPS) is 12.4. The van der Waals surface area contributed by atoms with E-state index >= 15 is 0 Å². The monoisotopic (exact) mass is 325 g/mol. The van der Waals surface area contributed by atoms with Crippen molar-refractivity contribution in [3.63, 3.8) is 0 Å². The first-order valence-corrected chi connectivity index (χ1v) is 7.70. The first-order valence-electron chi connectivity index (χ1n) is 6.95. The van der Waals surface area contributed by atoms with Gasteiger partial charge in [0.25, 0.3) is 0 Å². The molecule has 0 fully saturated rings. The molecule has 0 saturated carbocycles. The molecular weight excluding hydrogens is 308 g/mol. The summed E-state index contributed by atoms with van der Waals surface area (Å²) in [4.78, 5) is 0. The standard InChI is InChI=1S/C17H18Cl2FN/c1-3-21-16(13-6-4-5-11(2)17(13)20)10-12-7-8-14(18)15(19)9-12/h4-9,16,21H,3,10H2,1-2H3. The molecule has 112 valence electrons. The van der Waals surface area contributed by atoms with Crippen molar-refractivity contribution < 1.29 is 4.39 Å². The van der Waals surface area contributed by atoms with Crippen LogP contribution in [-0.2, 0) is 6.42 Å². The van der Waals surface area contributed by atoms with Crippen molar-refractivity contribution >= 4 is 23.2 Å². The summed E-state index contributed by atoms with van der Waals surface area (Å²) in [6, 6.07) is 10.9. The highest BCUT2D eigenvalue weighted by Crippen LogP contribution is 2.27. The summed E-state index contributed by atoms with van der Waals surface area (Å²) in [7, 11) is 0. The van der Waals surface area contributed by atoms with Crippen LogP contribution in [0.3, 0.4) is 0 Å². The molecule has 2 aromatic rings. The molecule has 0 radical (unpaired) electrons. The van der Waals surface area contributed by atoms with Gasteiger partial charge in [-0.3, -0.25) is 0 Å². The van der Waals surface area contributed by atoms with Gasteiger partial charge in [-0.2, -0.15) is 0 Å². The number of aryl methyl sites for hydroxylation is 1. The predicted molar refractivity (Wildman–Crippen MR) is 87.7 cm³/mol. The molecule has 2 aromatic carbocycles. The Hall–Kier alpha value is -1.09. The van der Waals surface area contributed by atoms with E-state index in [2.05, 4.69) is 5.32 Å². The van der Waals surface area contributed by atoms with Gasteiger partial charge < -0.3 is 5.32 Å². The van der Waals surface area contributed by atoms with E-state index in [1.165, 1.54) is 0 Å². The Labute approximate surface area is 135 Å². The molecule has 1 N–H and O–H groups in total. The van der Waals surface area contributed by atoms with Crippen LogP contribution in [0.2, 0.25) is 10.0 Å². The van der Waals surface area contributed by atoms with Crippen molar-refractivity contribution in [2.24, 2.45) is 0 Å². The second-order valence-electron chi connectivity index (χ2n) is 5.04. The highest BCUT2D eigenvalue weighted by Gasteiger charge is 2.17. The Morgan fingerprint density at radius 1 is 1.14 bits per heavy atom. The van der Waals surface area contributed by atoms with E-state index in [0.29, 0.717) is 27.6 Å². The van der Waals surface area contributed by atoms with Gasteiger partial charge >= 0.3 is 0 Å². The number of likely N-dealkylation sites (N-methyl/N-ethyl adjacent to an activating group) is 1. The number of halogens is 3. The Morgan fingerprint density at radius 2 is 1.90 bits per heavy atom. The lowest BCUT2D eigenvalue weighted by Gasteiger charge is -2.20. The second-order valence-corrected chi connectivity index (χ2v) is 5.86. The van der Waals surface area contributed by atoms with Crippen molar-refractivity contribution in [2.75, 3.05) is 6.54 Å². The van der Waals surface area contributed by atoms with Gasteiger partial charge in [0.2, 0.25) is 0 Å². The average molecular weight is 326 g/mol. The lowest BCUT2D eigenvalue weighted by Crippen LogP contribution is -2.24. The molecule has 21 heavy (non-hydrogen) atoms. The van der Waals surface area contributed by atoms with Crippen LogP contribution >= 0.6 is 23.2 Å². The summed E-state index contributed by atoms with van der Waals surface area (Å²) in [5.74, 6) is -0.150. The molecule has 0 aliphatic heterocycles. The predicted octanol–water partition coefficient (Wildman–Crippen LogP) is 5.33. The molecule has 0 aliphatic carbocycles. The van der Waals surface area contributed by atoms with Gasteiger partial charge in [0.05, 0.1) is 10.0 Å². The number of hydrogen-bond donors (Lipinski definition) is 1. The highest BCUT2D eigenvalue weighted by molar-refractivity contribution is 6.42. The molecule has 0 amide bonds. The van der Waals surface area contributed by atoms with Crippen LogP contribution in [0.4, 0.5) is 4.39 Å². The molecule has 0 heterocycles. The summed E-state index contributed by atoms with van der Waals surface area (Å²) < 4.78 is 14.3. The number of benzene rings is 2. The van der Waals surface area contributed by atoms with Crippen LogP contribution in [0.15, 0.2) is 36.4 Å². The Kier molecular flexibility index (Phi) is 5.63. The van der Waals surface area contributed by atoms with Crippen LogP contribution in [0.25, 0.3) is 0 Å². The largest absolute Gasteiger partial charge is 0.310 e. The zero-order chi connectivity index (χ0) is 15.4. The molecule has 2 rings (SSSR count). The molecule has 1 atom stereocenters. The summed E-state index contributed by atoms with van der Waals surface area (Å²) >= 11 is 12.0. The first kappa shape index (κ1) is 16.3. The van der Waals surface area contributed by atoms with Gasteiger partial charge in [-0.15, -0.1) is 0 Å². The minimum absolute atomic E-state index is 0.0906. The molecule has 0 aliphatic rings. The van der Waals surface area contributed by atoms with Crippen LogP contribution in [0, 0.1) is 12.7 Å². The Balaban J connectivity index is 2.30. The molecule has 0 aromatic heterocycles. The highest BCUT2D eigenvalue weighted by atomic mass is 35.5. The molecule has 0 spiro atoms. The van der Waals surface area contributed by atoms with Gasteiger partial charge in [-0.25, -0.2) is 4.39 Å².